The highest BCUT2D eigenvalue weighted by atomic mass is 32.1. The second kappa shape index (κ2) is 9.53. The molecule has 1 aliphatic carbocycles. The van der Waals surface area contributed by atoms with Crippen LogP contribution in [0.4, 0.5) is 5.00 Å². The van der Waals surface area contributed by atoms with Crippen LogP contribution >= 0.6 is 23.6 Å². The summed E-state index contributed by atoms with van der Waals surface area (Å²) >= 11 is 6.77. The Labute approximate surface area is 186 Å². The van der Waals surface area contributed by atoms with Crippen molar-refractivity contribution >= 4 is 51.6 Å². The number of fused-ring (bicyclic) bond motifs is 1. The van der Waals surface area contributed by atoms with Crippen molar-refractivity contribution in [1.29, 1.82) is 0 Å². The first-order valence-electron chi connectivity index (χ1n) is 10.1. The molecule has 3 rings (SSSR count). The van der Waals surface area contributed by atoms with E-state index in [0.717, 1.165) is 30.4 Å². The molecule has 1 aliphatic rings. The maximum atomic E-state index is 12.2. The molecule has 4 N–H and O–H groups in total. The van der Waals surface area contributed by atoms with E-state index in [4.69, 9.17) is 18.0 Å². The smallest absolute Gasteiger partial charge is 0.251 e. The largest absolute Gasteiger partial charge is 0.365 e. The number of thiocarbonyl (C=S) groups is 1. The highest BCUT2D eigenvalue weighted by molar-refractivity contribution is 7.80. The van der Waals surface area contributed by atoms with Crippen LogP contribution in [-0.4, -0.2) is 16.9 Å². The molecule has 0 saturated heterocycles. The Kier molecular flexibility index (Phi) is 7.05. The quantitative estimate of drug-likeness (QED) is 0.467. The SMILES string of the molecule is CC(C)c1ccc(/C=C/C(=O)NC(=S)Nc2sc3c(c2C(N)=O)CC[C@H](C)C3)cc1. The van der Waals surface area contributed by atoms with Gasteiger partial charge in [0.05, 0.1) is 5.56 Å². The van der Waals surface area contributed by atoms with Crippen molar-refractivity contribution in [2.75, 3.05) is 5.32 Å². The zero-order valence-electron chi connectivity index (χ0n) is 17.5. The number of hydrogen-bond donors (Lipinski definition) is 3. The van der Waals surface area contributed by atoms with Gasteiger partial charge in [-0.1, -0.05) is 45.0 Å². The van der Waals surface area contributed by atoms with E-state index in [-0.39, 0.29) is 11.0 Å². The van der Waals surface area contributed by atoms with Gasteiger partial charge < -0.3 is 11.1 Å². The fraction of sp³-hybridized carbons (Fsp3) is 0.348. The molecule has 1 heterocycles. The molecule has 1 atom stereocenters. The minimum absolute atomic E-state index is 0.147. The lowest BCUT2D eigenvalue weighted by Crippen LogP contribution is -2.33. The Morgan fingerprint density at radius 2 is 1.97 bits per heavy atom. The van der Waals surface area contributed by atoms with Gasteiger partial charge in [-0.15, -0.1) is 11.3 Å². The minimum Gasteiger partial charge on any atom is -0.365 e. The van der Waals surface area contributed by atoms with E-state index in [1.54, 1.807) is 6.08 Å². The molecule has 0 aliphatic heterocycles. The summed E-state index contributed by atoms with van der Waals surface area (Å²) < 4.78 is 0. The van der Waals surface area contributed by atoms with Crippen molar-refractivity contribution in [3.8, 4) is 0 Å². The van der Waals surface area contributed by atoms with Crippen molar-refractivity contribution in [2.24, 2.45) is 11.7 Å². The van der Waals surface area contributed by atoms with Gasteiger partial charge in [0.1, 0.15) is 5.00 Å². The van der Waals surface area contributed by atoms with Crippen LogP contribution in [0.15, 0.2) is 30.3 Å². The molecular formula is C23H27N3O2S2. The second-order valence-corrected chi connectivity index (χ2v) is 9.53. The van der Waals surface area contributed by atoms with Gasteiger partial charge in [-0.05, 0) is 66.1 Å². The standard InChI is InChI=1S/C23H27N3O2S2/c1-13(2)16-8-5-15(6-9-16)7-11-19(27)25-23(29)26-22-20(21(24)28)17-10-4-14(3)12-18(17)30-22/h5-9,11,13-14H,4,10,12H2,1-3H3,(H2,24,28)(H2,25,26,27,29)/b11-7+/t14-/m0/s1. The summed E-state index contributed by atoms with van der Waals surface area (Å²) in [4.78, 5) is 25.4. The van der Waals surface area contributed by atoms with E-state index in [1.165, 1.54) is 27.9 Å². The van der Waals surface area contributed by atoms with Crippen molar-refractivity contribution in [3.63, 3.8) is 0 Å². The number of nitrogens with two attached hydrogens (primary N) is 1. The molecule has 2 amide bonds. The summed E-state index contributed by atoms with van der Waals surface area (Å²) in [7, 11) is 0. The Morgan fingerprint density at radius 3 is 2.60 bits per heavy atom. The summed E-state index contributed by atoms with van der Waals surface area (Å²) in [5, 5.41) is 6.39. The summed E-state index contributed by atoms with van der Waals surface area (Å²) in [6.07, 6.45) is 5.98. The lowest BCUT2D eigenvalue weighted by molar-refractivity contribution is -0.115. The summed E-state index contributed by atoms with van der Waals surface area (Å²) in [6, 6.07) is 8.07. The van der Waals surface area contributed by atoms with Gasteiger partial charge in [0.15, 0.2) is 5.11 Å². The maximum Gasteiger partial charge on any atom is 0.251 e. The van der Waals surface area contributed by atoms with Crippen LogP contribution in [0.5, 0.6) is 0 Å². The van der Waals surface area contributed by atoms with E-state index in [2.05, 4.69) is 43.5 Å². The molecule has 158 valence electrons. The normalized spacial score (nSPS) is 15.8. The average Bonchev–Trinajstić information content (AvgIpc) is 3.03. The number of thiophene rings is 1. The summed E-state index contributed by atoms with van der Waals surface area (Å²) in [5.74, 6) is 0.238. The topological polar surface area (TPSA) is 84.2 Å². The Bertz CT molecular complexity index is 991. The maximum absolute atomic E-state index is 12.2. The third-order valence-electron chi connectivity index (χ3n) is 5.25. The minimum atomic E-state index is -0.469. The lowest BCUT2D eigenvalue weighted by Gasteiger charge is -2.18. The fourth-order valence-electron chi connectivity index (χ4n) is 3.55. The number of amides is 2. The highest BCUT2D eigenvalue weighted by Gasteiger charge is 2.26. The molecule has 2 aromatic rings. The molecule has 0 fully saturated rings. The predicted octanol–water partition coefficient (Wildman–Crippen LogP) is 4.62. The average molecular weight is 442 g/mol. The Morgan fingerprint density at radius 1 is 1.27 bits per heavy atom. The highest BCUT2D eigenvalue weighted by Crippen LogP contribution is 2.39. The molecule has 1 aromatic carbocycles. The molecular weight excluding hydrogens is 414 g/mol. The van der Waals surface area contributed by atoms with Crippen LogP contribution in [-0.2, 0) is 17.6 Å². The first-order valence-corrected chi connectivity index (χ1v) is 11.3. The number of carbonyl (C=O) groups excluding carboxylic acids is 2. The molecule has 1 aromatic heterocycles. The first kappa shape index (κ1) is 22.2. The number of primary amides is 1. The zero-order chi connectivity index (χ0) is 21.8. The molecule has 0 unspecified atom stereocenters. The summed E-state index contributed by atoms with van der Waals surface area (Å²) in [5.41, 5.74) is 9.33. The van der Waals surface area contributed by atoms with Crippen molar-refractivity contribution < 1.29 is 9.59 Å². The summed E-state index contributed by atoms with van der Waals surface area (Å²) in [6.45, 7) is 6.48. The van der Waals surface area contributed by atoms with Gasteiger partial charge in [-0.3, -0.25) is 14.9 Å². The molecule has 0 saturated carbocycles. The van der Waals surface area contributed by atoms with Gasteiger partial charge in [0, 0.05) is 11.0 Å². The molecule has 7 heteroatoms. The van der Waals surface area contributed by atoms with E-state index in [1.807, 2.05) is 12.1 Å². The van der Waals surface area contributed by atoms with Crippen LogP contribution in [0.25, 0.3) is 6.08 Å². The van der Waals surface area contributed by atoms with Crippen LogP contribution in [0.3, 0.4) is 0 Å². The molecule has 0 spiro atoms. The van der Waals surface area contributed by atoms with Crippen molar-refractivity contribution in [2.45, 2.75) is 46.0 Å². The monoisotopic (exact) mass is 441 g/mol. The van der Waals surface area contributed by atoms with Crippen LogP contribution < -0.4 is 16.4 Å². The van der Waals surface area contributed by atoms with Gasteiger partial charge in [-0.2, -0.15) is 0 Å². The first-order chi connectivity index (χ1) is 14.2. The third-order valence-corrected chi connectivity index (χ3v) is 6.63. The Balaban J connectivity index is 1.64. The second-order valence-electron chi connectivity index (χ2n) is 8.02. The molecule has 5 nitrogen and oxygen atoms in total. The fourth-order valence-corrected chi connectivity index (χ4v) is 5.24. The van der Waals surface area contributed by atoms with Gasteiger partial charge in [0.2, 0.25) is 5.91 Å². The van der Waals surface area contributed by atoms with E-state index >= 15 is 0 Å². The van der Waals surface area contributed by atoms with Crippen LogP contribution in [0.1, 0.15) is 65.0 Å². The molecule has 0 radical (unpaired) electrons. The van der Waals surface area contributed by atoms with Gasteiger partial charge in [-0.25, -0.2) is 0 Å². The predicted molar refractivity (Wildman–Crippen MR) is 128 cm³/mol. The van der Waals surface area contributed by atoms with Crippen LogP contribution in [0, 0.1) is 5.92 Å². The van der Waals surface area contributed by atoms with E-state index in [0.29, 0.717) is 22.4 Å². The van der Waals surface area contributed by atoms with Crippen molar-refractivity contribution in [3.05, 3.63) is 57.5 Å². The number of rotatable bonds is 5. The third kappa shape index (κ3) is 5.34. The number of benzene rings is 1. The lowest BCUT2D eigenvalue weighted by atomic mass is 9.88. The Hall–Kier alpha value is -2.51. The van der Waals surface area contributed by atoms with Gasteiger partial charge in [0.25, 0.3) is 5.91 Å². The number of hydrogen-bond acceptors (Lipinski definition) is 4. The molecule has 30 heavy (non-hydrogen) atoms. The van der Waals surface area contributed by atoms with Crippen LogP contribution in [0.2, 0.25) is 0 Å². The molecule has 0 bridgehead atoms. The van der Waals surface area contributed by atoms with Gasteiger partial charge >= 0.3 is 0 Å². The number of nitrogens with one attached hydrogen (secondary N) is 2. The zero-order valence-corrected chi connectivity index (χ0v) is 19.1. The van der Waals surface area contributed by atoms with Crippen molar-refractivity contribution in [1.82, 2.24) is 5.32 Å². The number of carbonyl (C=O) groups is 2. The van der Waals surface area contributed by atoms with E-state index < -0.39 is 5.91 Å². The van der Waals surface area contributed by atoms with E-state index in [9.17, 15) is 9.59 Å². The number of anilines is 1.